The van der Waals surface area contributed by atoms with Crippen LogP contribution in [0.2, 0.25) is 0 Å². The van der Waals surface area contributed by atoms with E-state index < -0.39 is 0 Å². The SMILES string of the molecule is c1cc(C2=Nc3c(sc4ccccc34)C(c3ccc4ccccc4c3)N2)cc(-n2c3ccc4cccc5oc6cccc7ccc2c(c76)c3c45)c1. The topological polar surface area (TPSA) is 42.5 Å². The van der Waals surface area contributed by atoms with Gasteiger partial charge in [0.1, 0.15) is 17.0 Å². The van der Waals surface area contributed by atoms with Gasteiger partial charge in [-0.3, -0.25) is 0 Å². The fraction of sp³-hybridized carbons (Fsp3) is 0.0217. The van der Waals surface area contributed by atoms with Crippen molar-refractivity contribution in [3.05, 3.63) is 168 Å². The van der Waals surface area contributed by atoms with E-state index in [1.54, 1.807) is 0 Å². The standard InChI is InChI=1S/C46H27N3OS/c1-2-9-29-24-30(19-18-26(29)8-1)43-45-44(33-14-3-4-17-38(33)51-45)48-46(47-43)31-12-5-13-32(25-31)49-34-22-20-27-10-6-15-36-39(27)41(34)42-35(49)23-21-28-11-7-16-37(50-36)40(28)42/h1-25,43H,(H,47,48). The van der Waals surface area contributed by atoms with Gasteiger partial charge in [-0.2, -0.15) is 0 Å². The molecular formula is C46H27N3OS. The molecule has 1 N–H and O–H groups in total. The van der Waals surface area contributed by atoms with Crippen LogP contribution < -0.4 is 5.32 Å². The minimum absolute atomic E-state index is 0.0289. The summed E-state index contributed by atoms with van der Waals surface area (Å²) in [4.78, 5) is 6.63. The summed E-state index contributed by atoms with van der Waals surface area (Å²) in [6.07, 6.45) is 0. The van der Waals surface area contributed by atoms with Gasteiger partial charge in [-0.15, -0.1) is 11.3 Å². The molecule has 1 aliphatic rings. The molecule has 0 radical (unpaired) electrons. The summed E-state index contributed by atoms with van der Waals surface area (Å²) >= 11 is 1.83. The molecule has 11 aromatic rings. The van der Waals surface area contributed by atoms with Crippen molar-refractivity contribution in [2.24, 2.45) is 4.99 Å². The summed E-state index contributed by atoms with van der Waals surface area (Å²) in [5.41, 5.74) is 8.55. The number of nitrogens with zero attached hydrogens (tertiary/aromatic N) is 2. The molecule has 51 heavy (non-hydrogen) atoms. The maximum absolute atomic E-state index is 6.65. The first-order valence-electron chi connectivity index (χ1n) is 17.3. The van der Waals surface area contributed by atoms with Crippen molar-refractivity contribution in [1.82, 2.24) is 9.88 Å². The lowest BCUT2D eigenvalue weighted by Gasteiger charge is -2.26. The zero-order valence-corrected chi connectivity index (χ0v) is 28.0. The van der Waals surface area contributed by atoms with E-state index in [-0.39, 0.29) is 6.04 Å². The van der Waals surface area contributed by atoms with Crippen LogP contribution >= 0.6 is 11.3 Å². The highest BCUT2D eigenvalue weighted by molar-refractivity contribution is 7.19. The Morgan fingerprint density at radius 3 is 2.02 bits per heavy atom. The van der Waals surface area contributed by atoms with Gasteiger partial charge in [0.2, 0.25) is 0 Å². The van der Waals surface area contributed by atoms with Crippen LogP contribution in [0.15, 0.2) is 161 Å². The molecule has 1 aliphatic heterocycles. The lowest BCUT2D eigenvalue weighted by molar-refractivity contribution is 0.664. The predicted octanol–water partition coefficient (Wildman–Crippen LogP) is 12.4. The van der Waals surface area contributed by atoms with Gasteiger partial charge < -0.3 is 14.3 Å². The number of aliphatic imine (C=N–C) groups is 1. The van der Waals surface area contributed by atoms with Gasteiger partial charge in [-0.25, -0.2) is 4.99 Å². The molecule has 12 rings (SSSR count). The predicted molar refractivity (Wildman–Crippen MR) is 214 cm³/mol. The molecule has 1 unspecified atom stereocenters. The van der Waals surface area contributed by atoms with E-state index in [9.17, 15) is 0 Å². The molecule has 0 amide bonds. The second-order valence-electron chi connectivity index (χ2n) is 13.6. The maximum atomic E-state index is 6.65. The van der Waals surface area contributed by atoms with Crippen molar-refractivity contribution in [3.8, 4) is 5.69 Å². The Morgan fingerprint density at radius 2 is 1.24 bits per heavy atom. The van der Waals surface area contributed by atoms with Crippen molar-refractivity contribution < 1.29 is 4.42 Å². The maximum Gasteiger partial charge on any atom is 0.135 e. The van der Waals surface area contributed by atoms with E-state index in [1.807, 2.05) is 11.3 Å². The Labute approximate surface area is 295 Å². The number of amidine groups is 1. The second-order valence-corrected chi connectivity index (χ2v) is 14.7. The van der Waals surface area contributed by atoms with Crippen LogP contribution in [0.4, 0.5) is 5.69 Å². The van der Waals surface area contributed by atoms with Crippen molar-refractivity contribution in [3.63, 3.8) is 0 Å². The first-order valence-corrected chi connectivity index (χ1v) is 18.1. The average Bonchev–Trinajstić information content (AvgIpc) is 3.68. The van der Waals surface area contributed by atoms with E-state index >= 15 is 0 Å². The molecule has 1 atom stereocenters. The fourth-order valence-corrected chi connectivity index (χ4v) is 9.74. The Hall–Kier alpha value is -6.43. The summed E-state index contributed by atoms with van der Waals surface area (Å²) in [6, 6.07) is 54.6. The van der Waals surface area contributed by atoms with Gasteiger partial charge in [0, 0.05) is 42.9 Å². The minimum atomic E-state index is -0.0289. The van der Waals surface area contributed by atoms with Gasteiger partial charge in [-0.05, 0) is 75.6 Å². The summed E-state index contributed by atoms with van der Waals surface area (Å²) < 4.78 is 10.3. The lowest BCUT2D eigenvalue weighted by atomic mass is 9.98. The highest BCUT2D eigenvalue weighted by atomic mass is 32.1. The normalized spacial score (nSPS) is 14.7. The molecule has 0 fully saturated rings. The molecule has 0 saturated heterocycles. The molecule has 4 nitrogen and oxygen atoms in total. The van der Waals surface area contributed by atoms with Gasteiger partial charge in [-0.1, -0.05) is 103 Å². The molecule has 0 bridgehead atoms. The largest absolute Gasteiger partial charge is 0.456 e. The number of rotatable bonds is 3. The molecular weight excluding hydrogens is 643 g/mol. The van der Waals surface area contributed by atoms with Crippen molar-refractivity contribution in [1.29, 1.82) is 0 Å². The monoisotopic (exact) mass is 669 g/mol. The highest BCUT2D eigenvalue weighted by Crippen LogP contribution is 2.47. The number of aromatic nitrogens is 1. The zero-order valence-electron chi connectivity index (χ0n) is 27.2. The Bertz CT molecular complexity index is 3150. The third-order valence-corrected chi connectivity index (χ3v) is 12.0. The lowest BCUT2D eigenvalue weighted by Crippen LogP contribution is -2.32. The number of nitrogens with one attached hydrogen (secondary N) is 1. The van der Waals surface area contributed by atoms with Crippen LogP contribution in [-0.2, 0) is 0 Å². The molecule has 8 aromatic carbocycles. The summed E-state index contributed by atoms with van der Waals surface area (Å²) in [7, 11) is 0. The zero-order chi connectivity index (χ0) is 33.2. The Balaban J connectivity index is 1.09. The van der Waals surface area contributed by atoms with Gasteiger partial charge in [0.25, 0.3) is 0 Å². The summed E-state index contributed by atoms with van der Waals surface area (Å²) in [6.45, 7) is 0. The third-order valence-electron chi connectivity index (χ3n) is 10.8. The molecule has 0 spiro atoms. The van der Waals surface area contributed by atoms with Gasteiger partial charge >= 0.3 is 0 Å². The van der Waals surface area contributed by atoms with E-state index in [1.165, 1.54) is 52.8 Å². The third kappa shape index (κ3) is 3.81. The van der Waals surface area contributed by atoms with Crippen LogP contribution in [0, 0.1) is 0 Å². The molecule has 3 aromatic heterocycles. The average molecular weight is 670 g/mol. The number of benzene rings is 8. The van der Waals surface area contributed by atoms with Crippen LogP contribution in [0.3, 0.4) is 0 Å². The molecule has 238 valence electrons. The summed E-state index contributed by atoms with van der Waals surface area (Å²) in [5.74, 6) is 0.877. The molecule has 0 aliphatic carbocycles. The van der Waals surface area contributed by atoms with Crippen LogP contribution in [0.5, 0.6) is 0 Å². The Kier molecular flexibility index (Phi) is 5.41. The number of hydrogen-bond donors (Lipinski definition) is 1. The quantitative estimate of drug-likeness (QED) is 0.203. The van der Waals surface area contributed by atoms with Crippen LogP contribution in [0.25, 0.3) is 81.1 Å². The van der Waals surface area contributed by atoms with E-state index in [4.69, 9.17) is 9.41 Å². The number of hydrogen-bond acceptors (Lipinski definition) is 4. The van der Waals surface area contributed by atoms with Crippen LogP contribution in [-0.4, -0.2) is 10.4 Å². The van der Waals surface area contributed by atoms with Gasteiger partial charge in [0.05, 0.1) is 27.6 Å². The van der Waals surface area contributed by atoms with Gasteiger partial charge in [0.15, 0.2) is 0 Å². The summed E-state index contributed by atoms with van der Waals surface area (Å²) in [5, 5.41) is 14.7. The molecule has 5 heteroatoms. The van der Waals surface area contributed by atoms with Crippen molar-refractivity contribution in [2.75, 3.05) is 0 Å². The first kappa shape index (κ1) is 27.4. The molecule has 0 saturated carbocycles. The highest BCUT2D eigenvalue weighted by Gasteiger charge is 2.29. The first-order chi connectivity index (χ1) is 25.3. The molecule has 4 heterocycles. The van der Waals surface area contributed by atoms with Crippen molar-refractivity contribution in [2.45, 2.75) is 6.04 Å². The van der Waals surface area contributed by atoms with E-state index in [2.05, 4.69) is 162 Å². The van der Waals surface area contributed by atoms with Crippen LogP contribution in [0.1, 0.15) is 22.0 Å². The number of fused-ring (bicyclic) bond motifs is 4. The second kappa shape index (κ2) is 10.1. The Morgan fingerprint density at radius 1 is 0.569 bits per heavy atom. The fourth-order valence-electron chi connectivity index (χ4n) is 8.51. The minimum Gasteiger partial charge on any atom is -0.456 e. The van der Waals surface area contributed by atoms with Crippen molar-refractivity contribution >= 4 is 98.2 Å². The number of thiophene rings is 1. The van der Waals surface area contributed by atoms with E-state index in [0.29, 0.717) is 0 Å². The van der Waals surface area contributed by atoms with E-state index in [0.717, 1.165) is 55.7 Å². The smallest absolute Gasteiger partial charge is 0.135 e.